The number of hydrogen-bond acceptors (Lipinski definition) is 3. The van der Waals surface area contributed by atoms with Gasteiger partial charge in [-0.05, 0) is 35.5 Å². The van der Waals surface area contributed by atoms with Crippen molar-refractivity contribution in [2.45, 2.75) is 0 Å². The Morgan fingerprint density at radius 2 is 1.43 bits per heavy atom. The number of carboxylic acid groups (broad SMARTS) is 3. The maximum atomic E-state index is 11.3. The third kappa shape index (κ3) is 2.89. The van der Waals surface area contributed by atoms with Crippen LogP contribution in [-0.4, -0.2) is 33.2 Å². The van der Waals surface area contributed by atoms with Crippen LogP contribution in [0.3, 0.4) is 0 Å². The van der Waals surface area contributed by atoms with Gasteiger partial charge in [0.1, 0.15) is 0 Å². The highest BCUT2D eigenvalue weighted by Crippen LogP contribution is 2.28. The van der Waals surface area contributed by atoms with E-state index in [2.05, 4.69) is 0 Å². The molecule has 0 aromatic heterocycles. The SMILES string of the molecule is O=C(O)C1=CC=C2C=C(C(=O)O)C=CC=C2C(C(=O)O)=C1. The molecule has 3 N–H and O–H groups in total. The number of allylic oxidation sites excluding steroid dienone is 6. The van der Waals surface area contributed by atoms with Crippen molar-refractivity contribution in [3.05, 3.63) is 70.4 Å². The van der Waals surface area contributed by atoms with Crippen LogP contribution in [-0.2, 0) is 14.4 Å². The van der Waals surface area contributed by atoms with Crippen LogP contribution in [0.1, 0.15) is 0 Å². The lowest BCUT2D eigenvalue weighted by atomic mass is 9.97. The van der Waals surface area contributed by atoms with Crippen LogP contribution in [0.25, 0.3) is 0 Å². The van der Waals surface area contributed by atoms with E-state index in [4.69, 9.17) is 10.2 Å². The Morgan fingerprint density at radius 3 is 2.00 bits per heavy atom. The Labute approximate surface area is 119 Å². The predicted molar refractivity (Wildman–Crippen MR) is 72.5 cm³/mol. The van der Waals surface area contributed by atoms with E-state index in [9.17, 15) is 19.5 Å². The number of fused-ring (bicyclic) bond motifs is 1. The monoisotopic (exact) mass is 286 g/mol. The minimum Gasteiger partial charge on any atom is -0.478 e. The first-order chi connectivity index (χ1) is 9.90. The van der Waals surface area contributed by atoms with Gasteiger partial charge >= 0.3 is 17.9 Å². The third-order valence-corrected chi connectivity index (χ3v) is 2.92. The van der Waals surface area contributed by atoms with E-state index in [1.165, 1.54) is 36.5 Å². The lowest BCUT2D eigenvalue weighted by molar-refractivity contribution is -0.133. The van der Waals surface area contributed by atoms with Crippen LogP contribution in [0.15, 0.2) is 70.4 Å². The first-order valence-corrected chi connectivity index (χ1v) is 5.84. The summed E-state index contributed by atoms with van der Waals surface area (Å²) in [7, 11) is 0. The number of aliphatic carboxylic acids is 3. The fourth-order valence-corrected chi connectivity index (χ4v) is 1.92. The molecule has 0 heterocycles. The quantitative estimate of drug-likeness (QED) is 0.724. The van der Waals surface area contributed by atoms with E-state index < -0.39 is 17.9 Å². The van der Waals surface area contributed by atoms with Crippen molar-refractivity contribution < 1.29 is 29.7 Å². The van der Waals surface area contributed by atoms with Crippen molar-refractivity contribution >= 4 is 17.9 Å². The molecule has 106 valence electrons. The number of carboxylic acids is 3. The molecule has 6 heteroatoms. The second-order valence-corrected chi connectivity index (χ2v) is 4.26. The maximum absolute atomic E-state index is 11.3. The summed E-state index contributed by atoms with van der Waals surface area (Å²) in [5.41, 5.74) is 0.150. The van der Waals surface area contributed by atoms with Gasteiger partial charge < -0.3 is 15.3 Å². The zero-order chi connectivity index (χ0) is 15.6. The number of rotatable bonds is 3. The minimum absolute atomic E-state index is 0.0237. The van der Waals surface area contributed by atoms with Crippen molar-refractivity contribution in [1.82, 2.24) is 0 Å². The fourth-order valence-electron chi connectivity index (χ4n) is 1.92. The van der Waals surface area contributed by atoms with Gasteiger partial charge in [-0.2, -0.15) is 0 Å². The summed E-state index contributed by atoms with van der Waals surface area (Å²) in [6, 6.07) is 0. The van der Waals surface area contributed by atoms with Crippen LogP contribution in [0.2, 0.25) is 0 Å². The molecule has 0 atom stereocenters. The second-order valence-electron chi connectivity index (χ2n) is 4.26. The van der Waals surface area contributed by atoms with Gasteiger partial charge in [0, 0.05) is 0 Å². The van der Waals surface area contributed by atoms with E-state index >= 15 is 0 Å². The summed E-state index contributed by atoms with van der Waals surface area (Å²) in [4.78, 5) is 33.4. The van der Waals surface area contributed by atoms with Crippen LogP contribution < -0.4 is 0 Å². The highest BCUT2D eigenvalue weighted by Gasteiger charge is 2.22. The Bertz CT molecular complexity index is 725. The van der Waals surface area contributed by atoms with E-state index in [1.807, 2.05) is 0 Å². The number of hydrogen-bond donors (Lipinski definition) is 3. The maximum Gasteiger partial charge on any atom is 0.336 e. The molecule has 0 aliphatic heterocycles. The molecule has 6 nitrogen and oxygen atoms in total. The van der Waals surface area contributed by atoms with Gasteiger partial charge in [0.25, 0.3) is 0 Å². The highest BCUT2D eigenvalue weighted by molar-refractivity contribution is 6.00. The average molecular weight is 286 g/mol. The van der Waals surface area contributed by atoms with E-state index in [-0.39, 0.29) is 22.3 Å². The molecule has 0 aromatic carbocycles. The first-order valence-electron chi connectivity index (χ1n) is 5.84. The predicted octanol–water partition coefficient (Wildman–Crippen LogP) is 1.46. The van der Waals surface area contributed by atoms with Gasteiger partial charge in [0.2, 0.25) is 0 Å². The van der Waals surface area contributed by atoms with Crippen LogP contribution >= 0.6 is 0 Å². The zero-order valence-corrected chi connectivity index (χ0v) is 10.6. The van der Waals surface area contributed by atoms with Crippen molar-refractivity contribution in [3.63, 3.8) is 0 Å². The third-order valence-electron chi connectivity index (χ3n) is 2.92. The largest absolute Gasteiger partial charge is 0.478 e. The van der Waals surface area contributed by atoms with Gasteiger partial charge in [-0.1, -0.05) is 18.2 Å². The summed E-state index contributed by atoms with van der Waals surface area (Å²) in [6.45, 7) is 0. The topological polar surface area (TPSA) is 112 Å². The molecule has 0 unspecified atom stereocenters. The number of carbonyl (C=O) groups is 3. The van der Waals surface area contributed by atoms with Crippen LogP contribution in [0, 0.1) is 0 Å². The van der Waals surface area contributed by atoms with Crippen molar-refractivity contribution in [1.29, 1.82) is 0 Å². The van der Waals surface area contributed by atoms with Gasteiger partial charge in [0.05, 0.1) is 16.7 Å². The molecule has 0 radical (unpaired) electrons. The molecule has 0 aromatic rings. The van der Waals surface area contributed by atoms with Gasteiger partial charge in [-0.15, -0.1) is 0 Å². The molecule has 0 bridgehead atoms. The first kappa shape index (κ1) is 14.3. The van der Waals surface area contributed by atoms with E-state index in [1.54, 1.807) is 0 Å². The standard InChI is InChI=1S/C15H10O6/c16-13(17)9-2-1-3-11-8(6-9)4-5-10(14(18)19)7-12(11)15(20)21/h1-7H,(H,16,17)(H,18,19)(H,20,21). The zero-order valence-electron chi connectivity index (χ0n) is 10.6. The lowest BCUT2D eigenvalue weighted by Crippen LogP contribution is -2.07. The molecular formula is C15H10O6. The van der Waals surface area contributed by atoms with Gasteiger partial charge in [-0.3, -0.25) is 0 Å². The normalized spacial score (nSPS) is 17.0. The average Bonchev–Trinajstić information content (AvgIpc) is 2.69. The van der Waals surface area contributed by atoms with Crippen molar-refractivity contribution in [3.8, 4) is 0 Å². The fraction of sp³-hybridized carbons (Fsp3) is 0. The lowest BCUT2D eigenvalue weighted by Gasteiger charge is -2.07. The summed E-state index contributed by atoms with van der Waals surface area (Å²) in [5, 5.41) is 27.3. The van der Waals surface area contributed by atoms with E-state index in [0.717, 1.165) is 6.08 Å². The Kier molecular flexibility index (Phi) is 3.71. The Balaban J connectivity index is 2.66. The van der Waals surface area contributed by atoms with Crippen molar-refractivity contribution in [2.24, 2.45) is 0 Å². The van der Waals surface area contributed by atoms with E-state index in [0.29, 0.717) is 5.57 Å². The smallest absolute Gasteiger partial charge is 0.336 e. The highest BCUT2D eigenvalue weighted by atomic mass is 16.4. The molecule has 0 amide bonds. The molecule has 21 heavy (non-hydrogen) atoms. The van der Waals surface area contributed by atoms with Crippen molar-refractivity contribution in [2.75, 3.05) is 0 Å². The Morgan fingerprint density at radius 1 is 0.762 bits per heavy atom. The molecule has 2 aliphatic rings. The summed E-state index contributed by atoms with van der Waals surface area (Å²) in [6.07, 6.45) is 9.17. The molecule has 0 fully saturated rings. The summed E-state index contributed by atoms with van der Waals surface area (Å²) >= 11 is 0. The van der Waals surface area contributed by atoms with Gasteiger partial charge in [0.15, 0.2) is 0 Å². The minimum atomic E-state index is -1.29. The summed E-state index contributed by atoms with van der Waals surface area (Å²) < 4.78 is 0. The molecular weight excluding hydrogens is 276 g/mol. The molecule has 2 aliphatic carbocycles. The molecule has 2 rings (SSSR count). The van der Waals surface area contributed by atoms with Gasteiger partial charge in [-0.25, -0.2) is 14.4 Å². The van der Waals surface area contributed by atoms with Crippen LogP contribution in [0.5, 0.6) is 0 Å². The second kappa shape index (κ2) is 5.46. The Hall–Kier alpha value is -3.15. The molecule has 0 spiro atoms. The molecule has 0 saturated heterocycles. The van der Waals surface area contributed by atoms with Crippen LogP contribution in [0.4, 0.5) is 0 Å². The molecule has 0 saturated carbocycles. The summed E-state index contributed by atoms with van der Waals surface area (Å²) in [5.74, 6) is -3.71.